The molecule has 0 aliphatic carbocycles. The summed E-state index contributed by atoms with van der Waals surface area (Å²) >= 11 is 0. The summed E-state index contributed by atoms with van der Waals surface area (Å²) < 4.78 is 5.92. The molecule has 5 heteroatoms. The second-order valence-electron chi connectivity index (χ2n) is 10.2. The van der Waals surface area contributed by atoms with Gasteiger partial charge in [-0.2, -0.15) is 0 Å². The van der Waals surface area contributed by atoms with Gasteiger partial charge in [-0.25, -0.2) is 4.79 Å². The maximum absolute atomic E-state index is 11.2. The molecule has 3 aromatic rings. The zero-order valence-electron chi connectivity index (χ0n) is 20.9. The average molecular weight is 474 g/mol. The molecule has 3 aromatic carbocycles. The topological polar surface area (TPSA) is 70.0 Å². The quantitative estimate of drug-likeness (QED) is 0.417. The molecule has 0 radical (unpaired) electrons. The number of rotatable bonds is 7. The number of hydrogen-bond acceptors (Lipinski definition) is 4. The Morgan fingerprint density at radius 1 is 0.886 bits per heavy atom. The molecule has 1 aliphatic rings. The number of aromatic carboxylic acids is 1. The van der Waals surface area contributed by atoms with E-state index in [1.165, 1.54) is 30.5 Å². The van der Waals surface area contributed by atoms with Gasteiger partial charge in [-0.1, -0.05) is 45.0 Å². The Balaban J connectivity index is 1.80. The lowest BCUT2D eigenvalue weighted by Gasteiger charge is -2.34. The van der Waals surface area contributed by atoms with Gasteiger partial charge in [-0.3, -0.25) is 0 Å². The lowest BCUT2D eigenvalue weighted by molar-refractivity contribution is 0.0697. The minimum Gasteiger partial charge on any atom is -0.491 e. The molecule has 0 unspecified atom stereocenters. The summed E-state index contributed by atoms with van der Waals surface area (Å²) in [5.41, 5.74) is 6.78. The lowest BCUT2D eigenvalue weighted by Crippen LogP contribution is -2.31. The number of benzene rings is 3. The van der Waals surface area contributed by atoms with Gasteiger partial charge in [0.1, 0.15) is 12.4 Å². The third-order valence-electron chi connectivity index (χ3n) is 6.61. The van der Waals surface area contributed by atoms with Crippen molar-refractivity contribution in [3.63, 3.8) is 0 Å². The highest BCUT2D eigenvalue weighted by atomic mass is 16.5. The van der Waals surface area contributed by atoms with Gasteiger partial charge >= 0.3 is 5.97 Å². The van der Waals surface area contributed by atoms with Crippen LogP contribution in [0.5, 0.6) is 5.75 Å². The molecule has 5 nitrogen and oxygen atoms in total. The van der Waals surface area contributed by atoms with Gasteiger partial charge in [-0.05, 0) is 83.3 Å². The Morgan fingerprint density at radius 3 is 2.17 bits per heavy atom. The van der Waals surface area contributed by atoms with Crippen molar-refractivity contribution in [3.05, 3.63) is 71.8 Å². The number of carboxylic acids is 1. The third kappa shape index (κ3) is 5.68. The van der Waals surface area contributed by atoms with E-state index in [0.29, 0.717) is 0 Å². The molecule has 0 saturated carbocycles. The smallest absolute Gasteiger partial charge is 0.335 e. The van der Waals surface area contributed by atoms with E-state index < -0.39 is 5.97 Å². The molecule has 0 atom stereocenters. The molecule has 1 aliphatic heterocycles. The van der Waals surface area contributed by atoms with Crippen molar-refractivity contribution in [1.82, 2.24) is 0 Å². The number of hydrogen-bond donors (Lipinski definition) is 2. The van der Waals surface area contributed by atoms with E-state index in [2.05, 4.69) is 49.9 Å². The van der Waals surface area contributed by atoms with E-state index in [4.69, 9.17) is 4.74 Å². The SMILES string of the molecule is CC(C)(C)c1cc(-c2cc(-c3ccc(C(=O)O)cc3)ccc2OCCO)ccc1N1CCCCC1. The number of piperidine rings is 1. The van der Waals surface area contributed by atoms with Gasteiger partial charge in [0.25, 0.3) is 0 Å². The summed E-state index contributed by atoms with van der Waals surface area (Å²) in [7, 11) is 0. The highest BCUT2D eigenvalue weighted by molar-refractivity contribution is 5.88. The summed E-state index contributed by atoms with van der Waals surface area (Å²) in [5.74, 6) is -0.218. The van der Waals surface area contributed by atoms with Gasteiger partial charge in [-0.15, -0.1) is 0 Å². The fraction of sp³-hybridized carbons (Fsp3) is 0.367. The van der Waals surface area contributed by atoms with Crippen LogP contribution in [0.15, 0.2) is 60.7 Å². The molecule has 184 valence electrons. The second kappa shape index (κ2) is 10.5. The molecule has 1 saturated heterocycles. The van der Waals surface area contributed by atoms with Crippen LogP contribution in [0.4, 0.5) is 5.69 Å². The number of carboxylic acid groups (broad SMARTS) is 1. The highest BCUT2D eigenvalue weighted by Crippen LogP contribution is 2.40. The number of nitrogens with zero attached hydrogens (tertiary/aromatic N) is 1. The van der Waals surface area contributed by atoms with Crippen molar-refractivity contribution in [2.45, 2.75) is 45.4 Å². The van der Waals surface area contributed by atoms with Crippen molar-refractivity contribution in [1.29, 1.82) is 0 Å². The molecule has 1 fully saturated rings. The van der Waals surface area contributed by atoms with Crippen LogP contribution in [-0.4, -0.2) is 42.5 Å². The Labute approximate surface area is 208 Å². The largest absolute Gasteiger partial charge is 0.491 e. The molecule has 0 bridgehead atoms. The molecule has 2 N–H and O–H groups in total. The number of aliphatic hydroxyl groups excluding tert-OH is 1. The molecular formula is C30H35NO4. The number of aliphatic hydroxyl groups is 1. The Kier molecular flexibility index (Phi) is 7.46. The predicted molar refractivity (Wildman–Crippen MR) is 142 cm³/mol. The normalized spacial score (nSPS) is 14.1. The number of anilines is 1. The van der Waals surface area contributed by atoms with Crippen molar-refractivity contribution in [2.24, 2.45) is 0 Å². The first-order valence-electron chi connectivity index (χ1n) is 12.4. The van der Waals surface area contributed by atoms with Crippen LogP contribution in [0.3, 0.4) is 0 Å². The summed E-state index contributed by atoms with van der Waals surface area (Å²) in [5, 5.41) is 18.6. The van der Waals surface area contributed by atoms with Crippen LogP contribution in [0.1, 0.15) is 56.0 Å². The van der Waals surface area contributed by atoms with Crippen LogP contribution in [-0.2, 0) is 5.41 Å². The van der Waals surface area contributed by atoms with Gasteiger partial charge in [0.05, 0.1) is 12.2 Å². The van der Waals surface area contributed by atoms with Gasteiger partial charge in [0, 0.05) is 24.3 Å². The monoisotopic (exact) mass is 473 g/mol. The standard InChI is InChI=1S/C30H35NO4/c1-30(2,3)26-20-24(11-13-27(26)31-15-5-4-6-16-31)25-19-23(12-14-28(25)35-18-17-32)21-7-9-22(10-8-21)29(33)34/h7-14,19-20,32H,4-6,15-18H2,1-3H3,(H,33,34). The first-order valence-corrected chi connectivity index (χ1v) is 12.4. The lowest BCUT2D eigenvalue weighted by atomic mass is 9.83. The molecule has 4 rings (SSSR count). The van der Waals surface area contributed by atoms with Crippen molar-refractivity contribution in [3.8, 4) is 28.0 Å². The maximum Gasteiger partial charge on any atom is 0.335 e. The maximum atomic E-state index is 11.2. The minimum absolute atomic E-state index is 0.0286. The number of ether oxygens (including phenoxy) is 1. The van der Waals surface area contributed by atoms with Crippen molar-refractivity contribution < 1.29 is 19.7 Å². The van der Waals surface area contributed by atoms with Crippen LogP contribution in [0.25, 0.3) is 22.3 Å². The Hall–Kier alpha value is -3.31. The van der Waals surface area contributed by atoms with Crippen molar-refractivity contribution in [2.75, 3.05) is 31.2 Å². The van der Waals surface area contributed by atoms with E-state index in [0.717, 1.165) is 41.1 Å². The van der Waals surface area contributed by atoms with Gasteiger partial charge in [0.2, 0.25) is 0 Å². The molecule has 0 amide bonds. The van der Waals surface area contributed by atoms with Crippen LogP contribution < -0.4 is 9.64 Å². The van der Waals surface area contributed by atoms with E-state index in [1.807, 2.05) is 24.3 Å². The van der Waals surface area contributed by atoms with E-state index in [-0.39, 0.29) is 24.2 Å². The first-order chi connectivity index (χ1) is 16.8. The molecule has 1 heterocycles. The summed E-state index contributed by atoms with van der Waals surface area (Å²) in [6.07, 6.45) is 3.76. The Bertz CT molecular complexity index is 1170. The zero-order chi connectivity index (χ0) is 25.0. The second-order valence-corrected chi connectivity index (χ2v) is 10.2. The summed E-state index contributed by atoms with van der Waals surface area (Å²) in [4.78, 5) is 13.8. The van der Waals surface area contributed by atoms with Crippen LogP contribution in [0.2, 0.25) is 0 Å². The highest BCUT2D eigenvalue weighted by Gasteiger charge is 2.24. The van der Waals surface area contributed by atoms with E-state index >= 15 is 0 Å². The van der Waals surface area contributed by atoms with Crippen molar-refractivity contribution >= 4 is 11.7 Å². The molecule has 0 spiro atoms. The third-order valence-corrected chi connectivity index (χ3v) is 6.61. The zero-order valence-corrected chi connectivity index (χ0v) is 20.9. The minimum atomic E-state index is -0.937. The van der Waals surface area contributed by atoms with E-state index in [1.54, 1.807) is 12.1 Å². The average Bonchev–Trinajstić information content (AvgIpc) is 2.87. The first kappa shape index (κ1) is 24.8. The number of carbonyl (C=O) groups is 1. The molecule has 0 aromatic heterocycles. The van der Waals surface area contributed by atoms with Gasteiger partial charge < -0.3 is 19.8 Å². The fourth-order valence-electron chi connectivity index (χ4n) is 4.74. The van der Waals surface area contributed by atoms with Gasteiger partial charge in [0.15, 0.2) is 0 Å². The van der Waals surface area contributed by atoms with E-state index in [9.17, 15) is 15.0 Å². The van der Waals surface area contributed by atoms with Crippen LogP contribution >= 0.6 is 0 Å². The predicted octanol–water partition coefficient (Wildman–Crippen LogP) is 6.38. The van der Waals surface area contributed by atoms with Crippen LogP contribution in [0, 0.1) is 0 Å². The summed E-state index contributed by atoms with van der Waals surface area (Å²) in [6.45, 7) is 9.11. The summed E-state index contributed by atoms with van der Waals surface area (Å²) in [6, 6.07) is 19.6. The molecular weight excluding hydrogens is 438 g/mol. The fourth-order valence-corrected chi connectivity index (χ4v) is 4.74. The Morgan fingerprint density at radius 2 is 1.54 bits per heavy atom. The molecule has 35 heavy (non-hydrogen) atoms.